The van der Waals surface area contributed by atoms with E-state index in [0.717, 1.165) is 4.47 Å². The minimum atomic E-state index is 0.663. The van der Waals surface area contributed by atoms with Crippen molar-refractivity contribution in [2.45, 2.75) is 12.5 Å². The number of halogens is 1. The fourth-order valence-electron chi connectivity index (χ4n) is 2.11. The number of nitrogens with zero attached hydrogens (tertiary/aromatic N) is 2. The van der Waals surface area contributed by atoms with Gasteiger partial charge in [-0.3, -0.25) is 0 Å². The first kappa shape index (κ1) is 11.0. The van der Waals surface area contributed by atoms with E-state index in [1.807, 2.05) is 0 Å². The second-order valence-electron chi connectivity index (χ2n) is 4.29. The third-order valence-corrected chi connectivity index (χ3v) is 3.68. The summed E-state index contributed by atoms with van der Waals surface area (Å²) in [6.07, 6.45) is 1.27. The number of hydrogen-bond donors (Lipinski definition) is 0. The van der Waals surface area contributed by atoms with Gasteiger partial charge in [-0.15, -0.1) is 0 Å². The average Bonchev–Trinajstić information content (AvgIpc) is 2.65. The Kier molecular flexibility index (Phi) is 3.32. The largest absolute Gasteiger partial charge is 0.370 e. The van der Waals surface area contributed by atoms with Gasteiger partial charge < -0.3 is 9.80 Å². The highest BCUT2D eigenvalue weighted by Gasteiger charge is 2.23. The molecule has 2 nitrogen and oxygen atoms in total. The van der Waals surface area contributed by atoms with Crippen LogP contribution in [0.4, 0.5) is 5.69 Å². The zero-order chi connectivity index (χ0) is 10.8. The van der Waals surface area contributed by atoms with Crippen molar-refractivity contribution >= 4 is 21.6 Å². The van der Waals surface area contributed by atoms with Crippen LogP contribution >= 0.6 is 15.9 Å². The van der Waals surface area contributed by atoms with Crippen molar-refractivity contribution in [1.29, 1.82) is 0 Å². The van der Waals surface area contributed by atoms with Gasteiger partial charge in [-0.2, -0.15) is 0 Å². The lowest BCUT2D eigenvalue weighted by molar-refractivity contribution is 0.409. The molecule has 1 saturated heterocycles. The number of likely N-dealkylation sites (tertiary alicyclic amines) is 1. The van der Waals surface area contributed by atoms with Crippen LogP contribution < -0.4 is 4.90 Å². The summed E-state index contributed by atoms with van der Waals surface area (Å²) in [6.45, 7) is 2.39. The Morgan fingerprint density at radius 2 is 2.00 bits per heavy atom. The number of hydrogen-bond acceptors (Lipinski definition) is 2. The molecule has 0 aromatic heterocycles. The highest BCUT2D eigenvalue weighted by Crippen LogP contribution is 2.22. The molecule has 0 radical (unpaired) electrons. The average molecular weight is 269 g/mol. The van der Waals surface area contributed by atoms with E-state index in [0.29, 0.717) is 6.04 Å². The molecule has 0 amide bonds. The maximum Gasteiger partial charge on any atom is 0.0425 e. The van der Waals surface area contributed by atoms with Crippen LogP contribution in [0.2, 0.25) is 0 Å². The van der Waals surface area contributed by atoms with Crippen molar-refractivity contribution in [3.8, 4) is 0 Å². The van der Waals surface area contributed by atoms with Crippen LogP contribution in [0.25, 0.3) is 0 Å². The summed E-state index contributed by atoms with van der Waals surface area (Å²) >= 11 is 3.46. The van der Waals surface area contributed by atoms with E-state index in [2.05, 4.69) is 64.1 Å². The fraction of sp³-hybridized carbons (Fsp3) is 0.500. The molecular weight excluding hydrogens is 252 g/mol. The molecule has 1 atom stereocenters. The molecule has 1 aliphatic heterocycles. The van der Waals surface area contributed by atoms with Gasteiger partial charge in [-0.05, 0) is 44.3 Å². The van der Waals surface area contributed by atoms with E-state index in [4.69, 9.17) is 0 Å². The normalized spacial score (nSPS) is 21.9. The molecule has 0 spiro atoms. The summed E-state index contributed by atoms with van der Waals surface area (Å²) in [5.74, 6) is 0. The predicted octanol–water partition coefficient (Wildman–Crippen LogP) is 2.59. The van der Waals surface area contributed by atoms with Gasteiger partial charge in [0.15, 0.2) is 0 Å². The van der Waals surface area contributed by atoms with E-state index in [1.54, 1.807) is 0 Å². The Morgan fingerprint density at radius 3 is 2.53 bits per heavy atom. The number of anilines is 1. The first-order chi connectivity index (χ1) is 7.16. The Balaban J connectivity index is 2.07. The lowest BCUT2D eigenvalue weighted by Crippen LogP contribution is -2.33. The zero-order valence-corrected chi connectivity index (χ0v) is 10.9. The molecule has 1 aromatic rings. The van der Waals surface area contributed by atoms with Gasteiger partial charge in [0.1, 0.15) is 0 Å². The molecule has 1 aliphatic rings. The van der Waals surface area contributed by atoms with Crippen LogP contribution in [0.5, 0.6) is 0 Å². The molecule has 1 fully saturated rings. The first-order valence-corrected chi connectivity index (χ1v) is 6.13. The zero-order valence-electron chi connectivity index (χ0n) is 9.28. The Labute approximate surface area is 100 Å². The summed E-state index contributed by atoms with van der Waals surface area (Å²) < 4.78 is 1.14. The number of rotatable bonds is 2. The molecule has 2 rings (SSSR count). The van der Waals surface area contributed by atoms with Crippen molar-refractivity contribution in [3.63, 3.8) is 0 Å². The minimum Gasteiger partial charge on any atom is -0.370 e. The van der Waals surface area contributed by atoms with Crippen molar-refractivity contribution in [1.82, 2.24) is 4.90 Å². The highest BCUT2D eigenvalue weighted by molar-refractivity contribution is 9.10. The van der Waals surface area contributed by atoms with E-state index in [9.17, 15) is 0 Å². The van der Waals surface area contributed by atoms with Crippen LogP contribution in [-0.4, -0.2) is 38.1 Å². The Bertz CT molecular complexity index is 323. The van der Waals surface area contributed by atoms with Crippen molar-refractivity contribution in [2.24, 2.45) is 0 Å². The molecule has 0 bridgehead atoms. The Morgan fingerprint density at radius 1 is 1.33 bits per heavy atom. The van der Waals surface area contributed by atoms with Crippen molar-refractivity contribution < 1.29 is 0 Å². The van der Waals surface area contributed by atoms with Crippen LogP contribution in [0.1, 0.15) is 6.42 Å². The van der Waals surface area contributed by atoms with Gasteiger partial charge in [0.25, 0.3) is 0 Å². The lowest BCUT2D eigenvalue weighted by atomic mass is 10.2. The molecule has 0 aliphatic carbocycles. The van der Waals surface area contributed by atoms with Gasteiger partial charge >= 0.3 is 0 Å². The summed E-state index contributed by atoms with van der Waals surface area (Å²) in [7, 11) is 4.38. The van der Waals surface area contributed by atoms with Crippen LogP contribution in [0.3, 0.4) is 0 Å². The lowest BCUT2D eigenvalue weighted by Gasteiger charge is -2.26. The van der Waals surface area contributed by atoms with Crippen LogP contribution in [0.15, 0.2) is 28.7 Å². The maximum absolute atomic E-state index is 3.46. The summed E-state index contributed by atoms with van der Waals surface area (Å²) in [5, 5.41) is 0. The molecule has 3 heteroatoms. The summed E-state index contributed by atoms with van der Waals surface area (Å²) in [4.78, 5) is 4.77. The third kappa shape index (κ3) is 2.52. The quantitative estimate of drug-likeness (QED) is 0.814. The van der Waals surface area contributed by atoms with Crippen molar-refractivity contribution in [2.75, 3.05) is 32.1 Å². The second-order valence-corrected chi connectivity index (χ2v) is 5.21. The Hall–Kier alpha value is -0.540. The molecule has 82 valence electrons. The van der Waals surface area contributed by atoms with Gasteiger partial charge in [-0.1, -0.05) is 15.9 Å². The van der Waals surface area contributed by atoms with E-state index < -0.39 is 0 Å². The molecule has 0 saturated carbocycles. The molecular formula is C12H17BrN2. The van der Waals surface area contributed by atoms with Gasteiger partial charge in [0, 0.05) is 29.8 Å². The minimum absolute atomic E-state index is 0.663. The van der Waals surface area contributed by atoms with E-state index in [1.165, 1.54) is 25.2 Å². The topological polar surface area (TPSA) is 6.48 Å². The SMILES string of the molecule is CN1CCC(N(C)c2ccc(Br)cc2)C1. The molecule has 1 unspecified atom stereocenters. The fourth-order valence-corrected chi connectivity index (χ4v) is 2.38. The summed E-state index contributed by atoms with van der Waals surface area (Å²) in [6, 6.07) is 9.20. The molecule has 1 aromatic carbocycles. The smallest absolute Gasteiger partial charge is 0.0425 e. The molecule has 15 heavy (non-hydrogen) atoms. The molecule has 1 heterocycles. The predicted molar refractivity (Wildman–Crippen MR) is 68.4 cm³/mol. The second kappa shape index (κ2) is 4.54. The van der Waals surface area contributed by atoms with Gasteiger partial charge in [0.05, 0.1) is 0 Å². The van der Waals surface area contributed by atoms with Crippen molar-refractivity contribution in [3.05, 3.63) is 28.7 Å². The standard InChI is InChI=1S/C12H17BrN2/c1-14-8-7-12(9-14)15(2)11-5-3-10(13)4-6-11/h3-6,12H,7-9H2,1-2H3. The monoisotopic (exact) mass is 268 g/mol. The van der Waals surface area contributed by atoms with E-state index in [-0.39, 0.29) is 0 Å². The summed E-state index contributed by atoms with van der Waals surface area (Å²) in [5.41, 5.74) is 1.30. The number of benzene rings is 1. The first-order valence-electron chi connectivity index (χ1n) is 5.34. The third-order valence-electron chi connectivity index (χ3n) is 3.15. The maximum atomic E-state index is 3.46. The molecule has 0 N–H and O–H groups in total. The van der Waals surface area contributed by atoms with Gasteiger partial charge in [-0.25, -0.2) is 0 Å². The van der Waals surface area contributed by atoms with Crippen LogP contribution in [0, 0.1) is 0 Å². The highest BCUT2D eigenvalue weighted by atomic mass is 79.9. The number of likely N-dealkylation sites (N-methyl/N-ethyl adjacent to an activating group) is 2. The van der Waals surface area contributed by atoms with E-state index >= 15 is 0 Å². The van der Waals surface area contributed by atoms with Crippen LogP contribution in [-0.2, 0) is 0 Å². The van der Waals surface area contributed by atoms with Gasteiger partial charge in [0.2, 0.25) is 0 Å².